The molecule has 0 amide bonds. The first-order valence-corrected chi connectivity index (χ1v) is 9.50. The molecule has 1 aromatic rings. The number of para-hydroxylation sites is 1. The number of guanidine groups is 1. The summed E-state index contributed by atoms with van der Waals surface area (Å²) in [5.74, 6) is 1.25. The van der Waals surface area contributed by atoms with E-state index in [2.05, 4.69) is 34.4 Å². The maximum Gasteiger partial charge on any atom is 0.274 e. The molecular weight excluding hydrogens is 473 g/mol. The SMILES string of the molecule is CN=C(NCc1ccccc1[N+](=O)[O-])NCC(CC(C)C)N1CCOCC1.I. The van der Waals surface area contributed by atoms with E-state index in [1.54, 1.807) is 25.2 Å². The van der Waals surface area contributed by atoms with Gasteiger partial charge in [-0.25, -0.2) is 0 Å². The lowest BCUT2D eigenvalue weighted by molar-refractivity contribution is -0.385. The van der Waals surface area contributed by atoms with E-state index in [-0.39, 0.29) is 34.6 Å². The smallest absolute Gasteiger partial charge is 0.274 e. The van der Waals surface area contributed by atoms with Crippen LogP contribution in [0.2, 0.25) is 0 Å². The minimum atomic E-state index is -0.357. The number of rotatable bonds is 8. The Morgan fingerprint density at radius 3 is 2.57 bits per heavy atom. The van der Waals surface area contributed by atoms with Crippen LogP contribution < -0.4 is 10.6 Å². The van der Waals surface area contributed by atoms with Crippen molar-refractivity contribution in [1.82, 2.24) is 15.5 Å². The molecule has 0 aromatic heterocycles. The summed E-state index contributed by atoms with van der Waals surface area (Å²) in [7, 11) is 1.71. The van der Waals surface area contributed by atoms with Gasteiger partial charge < -0.3 is 15.4 Å². The molecule has 1 unspecified atom stereocenters. The highest BCUT2D eigenvalue weighted by Gasteiger charge is 2.22. The molecule has 9 heteroatoms. The van der Waals surface area contributed by atoms with E-state index in [9.17, 15) is 10.1 Å². The van der Waals surface area contributed by atoms with Crippen molar-refractivity contribution >= 4 is 35.6 Å². The second-order valence-corrected chi connectivity index (χ2v) is 7.12. The van der Waals surface area contributed by atoms with Gasteiger partial charge in [0.25, 0.3) is 5.69 Å². The highest BCUT2D eigenvalue weighted by molar-refractivity contribution is 14.0. The van der Waals surface area contributed by atoms with Crippen molar-refractivity contribution in [2.45, 2.75) is 32.9 Å². The van der Waals surface area contributed by atoms with Crippen LogP contribution in [0.25, 0.3) is 0 Å². The number of hydrogen-bond donors (Lipinski definition) is 2. The lowest BCUT2D eigenvalue weighted by Gasteiger charge is -2.35. The van der Waals surface area contributed by atoms with E-state index in [0.717, 1.165) is 39.3 Å². The van der Waals surface area contributed by atoms with Crippen LogP contribution in [0, 0.1) is 16.0 Å². The summed E-state index contributed by atoms with van der Waals surface area (Å²) in [5, 5.41) is 17.7. The number of hydrogen-bond acceptors (Lipinski definition) is 5. The first kappa shape index (κ1) is 24.6. The molecule has 0 aliphatic carbocycles. The molecule has 0 spiro atoms. The van der Waals surface area contributed by atoms with Crippen LogP contribution in [0.15, 0.2) is 29.3 Å². The largest absolute Gasteiger partial charge is 0.379 e. The van der Waals surface area contributed by atoms with Crippen LogP contribution in [0.4, 0.5) is 5.69 Å². The van der Waals surface area contributed by atoms with E-state index in [1.807, 2.05) is 0 Å². The van der Waals surface area contributed by atoms with Gasteiger partial charge in [-0.2, -0.15) is 0 Å². The van der Waals surface area contributed by atoms with Gasteiger partial charge in [0.1, 0.15) is 0 Å². The zero-order valence-electron chi connectivity index (χ0n) is 16.9. The standard InChI is InChI=1S/C19H31N5O3.HI/c1-15(2)12-17(23-8-10-27-11-9-23)14-22-19(20-3)21-13-16-6-4-5-7-18(16)24(25)26;/h4-7,15,17H,8-14H2,1-3H3,(H2,20,21,22);1H. The van der Waals surface area contributed by atoms with Crippen molar-refractivity contribution in [3.63, 3.8) is 0 Å². The molecule has 1 heterocycles. The van der Waals surface area contributed by atoms with E-state index >= 15 is 0 Å². The van der Waals surface area contributed by atoms with Gasteiger partial charge in [0.05, 0.1) is 18.1 Å². The number of aliphatic imine (C=N–C) groups is 1. The molecule has 2 rings (SSSR count). The van der Waals surface area contributed by atoms with E-state index in [4.69, 9.17) is 4.74 Å². The van der Waals surface area contributed by atoms with Crippen molar-refractivity contribution in [1.29, 1.82) is 0 Å². The van der Waals surface area contributed by atoms with Gasteiger partial charge >= 0.3 is 0 Å². The molecule has 1 atom stereocenters. The summed E-state index contributed by atoms with van der Waals surface area (Å²) in [6.45, 7) is 9.03. The Morgan fingerprint density at radius 2 is 1.96 bits per heavy atom. The summed E-state index contributed by atoms with van der Waals surface area (Å²) in [6, 6.07) is 7.15. The minimum Gasteiger partial charge on any atom is -0.379 e. The zero-order valence-corrected chi connectivity index (χ0v) is 19.2. The topological polar surface area (TPSA) is 92.0 Å². The third-order valence-electron chi connectivity index (χ3n) is 4.67. The first-order chi connectivity index (χ1) is 13.0. The Bertz CT molecular complexity index is 636. The Morgan fingerprint density at radius 1 is 1.29 bits per heavy atom. The molecular formula is C19H32IN5O3. The molecule has 28 heavy (non-hydrogen) atoms. The molecule has 158 valence electrons. The van der Waals surface area contributed by atoms with Crippen LogP contribution in [0.1, 0.15) is 25.8 Å². The molecule has 0 bridgehead atoms. The van der Waals surface area contributed by atoms with Crippen LogP contribution in [0.5, 0.6) is 0 Å². The maximum absolute atomic E-state index is 11.1. The van der Waals surface area contributed by atoms with E-state index in [0.29, 0.717) is 30.0 Å². The van der Waals surface area contributed by atoms with Crippen molar-refractivity contribution in [3.8, 4) is 0 Å². The third-order valence-corrected chi connectivity index (χ3v) is 4.67. The monoisotopic (exact) mass is 505 g/mol. The molecule has 0 saturated carbocycles. The van der Waals surface area contributed by atoms with Crippen LogP contribution in [-0.2, 0) is 11.3 Å². The number of halogens is 1. The molecule has 1 aliphatic rings. The number of morpholine rings is 1. The van der Waals surface area contributed by atoms with Crippen LogP contribution >= 0.6 is 24.0 Å². The van der Waals surface area contributed by atoms with Gasteiger partial charge in [-0.3, -0.25) is 20.0 Å². The van der Waals surface area contributed by atoms with Crippen molar-refractivity contribution in [2.24, 2.45) is 10.9 Å². The van der Waals surface area contributed by atoms with Gasteiger partial charge in [-0.1, -0.05) is 32.0 Å². The molecule has 0 radical (unpaired) electrons. The number of nitro benzene ring substituents is 1. The summed E-state index contributed by atoms with van der Waals surface area (Å²) in [5.41, 5.74) is 0.754. The van der Waals surface area contributed by atoms with Gasteiger partial charge in [-0.15, -0.1) is 24.0 Å². The summed E-state index contributed by atoms with van der Waals surface area (Å²) in [4.78, 5) is 17.5. The quantitative estimate of drug-likeness (QED) is 0.186. The average molecular weight is 505 g/mol. The molecule has 1 fully saturated rings. The Kier molecular flexibility index (Phi) is 11.3. The average Bonchev–Trinajstić information content (AvgIpc) is 2.67. The fourth-order valence-electron chi connectivity index (χ4n) is 3.30. The number of benzene rings is 1. The fraction of sp³-hybridized carbons (Fsp3) is 0.632. The van der Waals surface area contributed by atoms with Gasteiger partial charge in [0, 0.05) is 50.9 Å². The normalized spacial score (nSPS) is 16.4. The number of nitro groups is 1. The lowest BCUT2D eigenvalue weighted by atomic mass is 10.0. The van der Waals surface area contributed by atoms with Crippen molar-refractivity contribution in [2.75, 3.05) is 39.9 Å². The predicted molar refractivity (Wildman–Crippen MR) is 122 cm³/mol. The third kappa shape index (κ3) is 7.88. The summed E-state index contributed by atoms with van der Waals surface area (Å²) >= 11 is 0. The number of nitrogens with one attached hydrogen (secondary N) is 2. The highest BCUT2D eigenvalue weighted by atomic mass is 127. The van der Waals surface area contributed by atoms with Gasteiger partial charge in [-0.05, 0) is 12.3 Å². The Labute approximate surface area is 184 Å². The summed E-state index contributed by atoms with van der Waals surface area (Å²) < 4.78 is 5.47. The molecule has 2 N–H and O–H groups in total. The van der Waals surface area contributed by atoms with Crippen molar-refractivity contribution in [3.05, 3.63) is 39.9 Å². The van der Waals surface area contributed by atoms with E-state index < -0.39 is 0 Å². The predicted octanol–water partition coefficient (Wildman–Crippen LogP) is 2.62. The fourth-order valence-corrected chi connectivity index (χ4v) is 3.30. The zero-order chi connectivity index (χ0) is 19.6. The Balaban J connectivity index is 0.00000392. The molecule has 1 saturated heterocycles. The maximum atomic E-state index is 11.1. The first-order valence-electron chi connectivity index (χ1n) is 9.50. The minimum absolute atomic E-state index is 0. The van der Waals surface area contributed by atoms with Gasteiger partial charge in [0.15, 0.2) is 5.96 Å². The number of ether oxygens (including phenoxy) is 1. The highest BCUT2D eigenvalue weighted by Crippen LogP contribution is 2.17. The summed E-state index contributed by atoms with van der Waals surface area (Å²) in [6.07, 6.45) is 1.09. The second kappa shape index (κ2) is 12.9. The molecule has 8 nitrogen and oxygen atoms in total. The molecule has 1 aliphatic heterocycles. The van der Waals surface area contributed by atoms with E-state index in [1.165, 1.54) is 6.07 Å². The van der Waals surface area contributed by atoms with Gasteiger partial charge in [0.2, 0.25) is 0 Å². The number of nitrogens with zero attached hydrogens (tertiary/aromatic N) is 3. The van der Waals surface area contributed by atoms with Crippen LogP contribution in [-0.4, -0.2) is 61.7 Å². The van der Waals surface area contributed by atoms with Crippen LogP contribution in [0.3, 0.4) is 0 Å². The lowest BCUT2D eigenvalue weighted by Crippen LogP contribution is -2.51. The van der Waals surface area contributed by atoms with Crippen molar-refractivity contribution < 1.29 is 9.66 Å². The Hall–Kier alpha value is -1.46. The molecule has 1 aromatic carbocycles. The second-order valence-electron chi connectivity index (χ2n) is 7.12.